The van der Waals surface area contributed by atoms with Crippen LogP contribution >= 0.6 is 15.9 Å². The third kappa shape index (κ3) is 4.09. The Labute approximate surface area is 190 Å². The summed E-state index contributed by atoms with van der Waals surface area (Å²) in [6, 6.07) is 17.8. The van der Waals surface area contributed by atoms with Gasteiger partial charge in [-0.2, -0.15) is 0 Å². The molecular formula is C24H15BrFNO5. The monoisotopic (exact) mass is 495 g/mol. The molecule has 3 aromatic rings. The lowest BCUT2D eigenvalue weighted by atomic mass is 9.84. The number of cyclic esters (lactones) is 1. The van der Waals surface area contributed by atoms with Crippen molar-refractivity contribution < 1.29 is 28.3 Å². The number of esters is 1. The zero-order valence-electron chi connectivity index (χ0n) is 16.4. The molecule has 1 amide bonds. The van der Waals surface area contributed by atoms with Crippen LogP contribution in [-0.2, 0) is 14.3 Å². The highest BCUT2D eigenvalue weighted by Gasteiger charge is 2.46. The summed E-state index contributed by atoms with van der Waals surface area (Å²) in [5.41, 5.74) is 0.428. The number of carbonyl (C=O) groups is 4. The van der Waals surface area contributed by atoms with Crippen LogP contribution in [0.15, 0.2) is 77.3 Å². The first kappa shape index (κ1) is 21.6. The molecule has 0 saturated heterocycles. The Morgan fingerprint density at radius 1 is 0.938 bits per heavy atom. The summed E-state index contributed by atoms with van der Waals surface area (Å²) in [5, 5.41) is 2.43. The number of hydrogen-bond donors (Lipinski definition) is 1. The van der Waals surface area contributed by atoms with Crippen molar-refractivity contribution in [2.45, 2.75) is 6.10 Å². The zero-order valence-corrected chi connectivity index (χ0v) is 18.0. The fourth-order valence-corrected chi connectivity index (χ4v) is 3.77. The van der Waals surface area contributed by atoms with Gasteiger partial charge in [-0.15, -0.1) is 0 Å². The van der Waals surface area contributed by atoms with Crippen LogP contribution in [-0.4, -0.2) is 23.4 Å². The van der Waals surface area contributed by atoms with Crippen molar-refractivity contribution in [3.05, 3.63) is 99.8 Å². The van der Waals surface area contributed by atoms with Crippen LogP contribution in [0, 0.1) is 11.7 Å². The van der Waals surface area contributed by atoms with Crippen molar-refractivity contribution in [1.29, 1.82) is 0 Å². The van der Waals surface area contributed by atoms with Gasteiger partial charge in [0.05, 0.1) is 11.1 Å². The van der Waals surface area contributed by atoms with Crippen molar-refractivity contribution >= 4 is 45.1 Å². The molecule has 0 aromatic heterocycles. The van der Waals surface area contributed by atoms with E-state index >= 15 is 0 Å². The minimum atomic E-state index is -1.75. The van der Waals surface area contributed by atoms with Crippen LogP contribution in [0.5, 0.6) is 0 Å². The number of fused-ring (bicyclic) bond motifs is 1. The van der Waals surface area contributed by atoms with E-state index in [9.17, 15) is 23.6 Å². The van der Waals surface area contributed by atoms with Crippen molar-refractivity contribution in [1.82, 2.24) is 0 Å². The number of amides is 1. The van der Waals surface area contributed by atoms with Gasteiger partial charge in [-0.3, -0.25) is 14.4 Å². The lowest BCUT2D eigenvalue weighted by Gasteiger charge is -2.21. The summed E-state index contributed by atoms with van der Waals surface area (Å²) < 4.78 is 20.5. The molecule has 1 aliphatic rings. The van der Waals surface area contributed by atoms with Crippen LogP contribution in [0.3, 0.4) is 0 Å². The number of anilines is 1. The van der Waals surface area contributed by atoms with Gasteiger partial charge in [-0.25, -0.2) is 9.18 Å². The Bertz CT molecular complexity index is 1240. The summed E-state index contributed by atoms with van der Waals surface area (Å²) in [6.07, 6.45) is -1.35. The van der Waals surface area contributed by atoms with Gasteiger partial charge in [0, 0.05) is 15.7 Å². The fourth-order valence-electron chi connectivity index (χ4n) is 3.51. The molecule has 8 heteroatoms. The lowest BCUT2D eigenvalue weighted by molar-refractivity contribution is -0.138. The Kier molecular flexibility index (Phi) is 5.96. The van der Waals surface area contributed by atoms with Gasteiger partial charge < -0.3 is 10.1 Å². The SMILES string of the molecule is O=C(Nc1ccc(Br)cc1)C(=O)[C@@H](C(=O)c1ccccc1F)[C@H]1OC(=O)c2ccccc21. The highest BCUT2D eigenvalue weighted by Crippen LogP contribution is 2.38. The topological polar surface area (TPSA) is 89.5 Å². The minimum Gasteiger partial charge on any atom is -0.453 e. The van der Waals surface area contributed by atoms with Crippen molar-refractivity contribution in [3.8, 4) is 0 Å². The van der Waals surface area contributed by atoms with Crippen molar-refractivity contribution in [3.63, 3.8) is 0 Å². The lowest BCUT2D eigenvalue weighted by Crippen LogP contribution is -2.38. The number of nitrogens with one attached hydrogen (secondary N) is 1. The molecule has 1 heterocycles. The third-order valence-electron chi connectivity index (χ3n) is 5.05. The van der Waals surface area contributed by atoms with Gasteiger partial charge in [0.1, 0.15) is 17.8 Å². The average molecular weight is 496 g/mol. The Morgan fingerprint density at radius 2 is 1.59 bits per heavy atom. The van der Waals surface area contributed by atoms with E-state index in [1.54, 1.807) is 36.4 Å². The maximum atomic E-state index is 14.4. The molecule has 0 spiro atoms. The van der Waals surface area contributed by atoms with Gasteiger partial charge in [0.2, 0.25) is 5.78 Å². The van der Waals surface area contributed by atoms with Gasteiger partial charge in [-0.05, 0) is 42.5 Å². The number of ether oxygens (including phenoxy) is 1. The fraction of sp³-hybridized carbons (Fsp3) is 0.0833. The zero-order chi connectivity index (χ0) is 22.8. The summed E-state index contributed by atoms with van der Waals surface area (Å²) in [7, 11) is 0. The first-order valence-corrected chi connectivity index (χ1v) is 10.4. The van der Waals surface area contributed by atoms with E-state index in [2.05, 4.69) is 21.2 Å². The number of benzene rings is 3. The number of Topliss-reactive ketones (excluding diaryl/α,β-unsaturated/α-hetero) is 2. The Morgan fingerprint density at radius 3 is 2.31 bits per heavy atom. The standard InChI is InChI=1S/C24H15BrFNO5/c25-13-9-11-14(12-10-13)27-23(30)21(29)19(20(28)17-7-3-4-8-18(17)26)22-15-5-1-2-6-16(15)24(31)32-22/h1-12,19,22H,(H,27,30)/t19-,22+/m1/s1. The van der Waals surface area contributed by atoms with Gasteiger partial charge in [-0.1, -0.05) is 46.3 Å². The molecule has 1 aliphatic heterocycles. The van der Waals surface area contributed by atoms with Crippen LogP contribution in [0.25, 0.3) is 0 Å². The second kappa shape index (κ2) is 8.84. The maximum absolute atomic E-state index is 14.4. The van der Waals surface area contributed by atoms with E-state index < -0.39 is 41.3 Å². The van der Waals surface area contributed by atoms with Gasteiger partial charge >= 0.3 is 5.97 Å². The summed E-state index contributed by atoms with van der Waals surface area (Å²) >= 11 is 3.27. The first-order chi connectivity index (χ1) is 15.4. The molecule has 160 valence electrons. The molecule has 0 bridgehead atoms. The molecule has 0 fully saturated rings. The molecule has 4 rings (SSSR count). The molecule has 0 unspecified atom stereocenters. The molecule has 0 radical (unpaired) electrons. The molecular weight excluding hydrogens is 481 g/mol. The summed E-state index contributed by atoms with van der Waals surface area (Å²) in [5.74, 6) is -6.50. The van der Waals surface area contributed by atoms with Gasteiger partial charge in [0.15, 0.2) is 5.78 Å². The Hall–Kier alpha value is -3.65. The van der Waals surface area contributed by atoms with Gasteiger partial charge in [0.25, 0.3) is 5.91 Å². The van der Waals surface area contributed by atoms with E-state index in [1.165, 1.54) is 30.3 Å². The number of halogens is 2. The van der Waals surface area contributed by atoms with E-state index in [0.29, 0.717) is 5.69 Å². The van der Waals surface area contributed by atoms with E-state index in [1.807, 2.05) is 0 Å². The normalized spacial score (nSPS) is 15.4. The number of rotatable bonds is 6. The number of hydrogen-bond acceptors (Lipinski definition) is 5. The van der Waals surface area contributed by atoms with E-state index in [-0.39, 0.29) is 16.7 Å². The molecule has 2 atom stereocenters. The van der Waals surface area contributed by atoms with Crippen LogP contribution in [0.4, 0.5) is 10.1 Å². The maximum Gasteiger partial charge on any atom is 0.339 e. The highest BCUT2D eigenvalue weighted by atomic mass is 79.9. The van der Waals surface area contributed by atoms with E-state index in [4.69, 9.17) is 4.74 Å². The van der Waals surface area contributed by atoms with Crippen molar-refractivity contribution in [2.75, 3.05) is 5.32 Å². The van der Waals surface area contributed by atoms with E-state index in [0.717, 1.165) is 10.5 Å². The summed E-state index contributed by atoms with van der Waals surface area (Å²) in [6.45, 7) is 0. The molecule has 0 aliphatic carbocycles. The predicted molar refractivity (Wildman–Crippen MR) is 117 cm³/mol. The number of ketones is 2. The smallest absolute Gasteiger partial charge is 0.339 e. The summed E-state index contributed by atoms with van der Waals surface area (Å²) in [4.78, 5) is 51.5. The molecule has 3 aromatic carbocycles. The van der Waals surface area contributed by atoms with Crippen LogP contribution in [0.2, 0.25) is 0 Å². The van der Waals surface area contributed by atoms with Crippen LogP contribution in [0.1, 0.15) is 32.4 Å². The second-order valence-corrected chi connectivity index (χ2v) is 7.98. The highest BCUT2D eigenvalue weighted by molar-refractivity contribution is 9.10. The molecule has 32 heavy (non-hydrogen) atoms. The third-order valence-corrected chi connectivity index (χ3v) is 5.58. The molecule has 0 saturated carbocycles. The molecule has 6 nitrogen and oxygen atoms in total. The molecule has 1 N–H and O–H groups in total. The quantitative estimate of drug-likeness (QED) is 0.235. The average Bonchev–Trinajstić information content (AvgIpc) is 3.12. The second-order valence-electron chi connectivity index (χ2n) is 7.06. The van der Waals surface area contributed by atoms with Crippen LogP contribution < -0.4 is 5.32 Å². The predicted octanol–water partition coefficient (Wildman–Crippen LogP) is 4.51. The minimum absolute atomic E-state index is 0.185. The first-order valence-electron chi connectivity index (χ1n) is 9.56. The Balaban J connectivity index is 1.72. The largest absolute Gasteiger partial charge is 0.453 e. The van der Waals surface area contributed by atoms with Crippen molar-refractivity contribution in [2.24, 2.45) is 5.92 Å². The number of carbonyl (C=O) groups excluding carboxylic acids is 4.